The summed E-state index contributed by atoms with van der Waals surface area (Å²) in [5.74, 6) is 0. The Kier molecular flexibility index (Phi) is 4.49. The third kappa shape index (κ3) is 2.95. The number of aromatic nitrogens is 2. The molecule has 3 rings (SSSR count). The van der Waals surface area contributed by atoms with Gasteiger partial charge < -0.3 is 5.32 Å². The Balaban J connectivity index is 1.98. The quantitative estimate of drug-likeness (QED) is 0.654. The maximum Gasteiger partial charge on any atom is 0.0758 e. The maximum atomic E-state index is 4.69. The fraction of sp³-hybridized carbons (Fsp3) is 0.267. The number of nitrogens with one attached hydrogen (secondary N) is 1. The molecule has 110 valence electrons. The Hall–Kier alpha value is -0.690. The molecule has 1 atom stereocenters. The molecule has 1 unspecified atom stereocenters. The Morgan fingerprint density at radius 1 is 1.33 bits per heavy atom. The van der Waals surface area contributed by atoms with Crippen molar-refractivity contribution in [1.82, 2.24) is 15.1 Å². The van der Waals surface area contributed by atoms with E-state index < -0.39 is 0 Å². The predicted molar refractivity (Wildman–Crippen MR) is 95.9 cm³/mol. The smallest absolute Gasteiger partial charge is 0.0758 e. The van der Waals surface area contributed by atoms with Crippen LogP contribution in [0.25, 0.3) is 10.9 Å². The number of nitrogens with zero attached hydrogens (tertiary/aromatic N) is 2. The molecular weight excluding hydrogens is 414 g/mol. The van der Waals surface area contributed by atoms with Gasteiger partial charge in [-0.25, -0.2) is 0 Å². The van der Waals surface area contributed by atoms with E-state index in [1.165, 1.54) is 16.5 Å². The summed E-state index contributed by atoms with van der Waals surface area (Å²) in [6.07, 6.45) is 0.861. The van der Waals surface area contributed by atoms with Gasteiger partial charge in [0, 0.05) is 24.9 Å². The molecule has 0 saturated carbocycles. The van der Waals surface area contributed by atoms with Crippen LogP contribution in [0, 0.1) is 0 Å². The van der Waals surface area contributed by atoms with Gasteiger partial charge in [-0.3, -0.25) is 4.68 Å². The van der Waals surface area contributed by atoms with Crippen LogP contribution in [0.2, 0.25) is 0 Å². The Labute approximate surface area is 144 Å². The predicted octanol–water partition coefficient (Wildman–Crippen LogP) is 4.66. The van der Waals surface area contributed by atoms with Gasteiger partial charge in [-0.05, 0) is 56.6 Å². The van der Waals surface area contributed by atoms with Crippen molar-refractivity contribution in [1.29, 1.82) is 0 Å². The maximum absolute atomic E-state index is 4.69. The average molecular weight is 429 g/mol. The highest BCUT2D eigenvalue weighted by Crippen LogP contribution is 2.37. The second-order valence-corrected chi connectivity index (χ2v) is 8.66. The van der Waals surface area contributed by atoms with Crippen molar-refractivity contribution in [3.63, 3.8) is 0 Å². The van der Waals surface area contributed by atoms with Gasteiger partial charge in [0.2, 0.25) is 0 Å². The number of aryl methyl sites for hydroxylation is 1. The first-order chi connectivity index (χ1) is 10.1. The molecule has 0 bridgehead atoms. The normalized spacial score (nSPS) is 13.0. The van der Waals surface area contributed by atoms with Crippen LogP contribution in [0.3, 0.4) is 0 Å². The molecule has 1 N–H and O–H groups in total. The third-order valence-corrected chi connectivity index (χ3v) is 6.02. The number of likely N-dealkylation sites (N-methyl/N-ethyl adjacent to an activating group) is 1. The summed E-state index contributed by atoms with van der Waals surface area (Å²) in [5, 5.41) is 9.32. The zero-order valence-electron chi connectivity index (χ0n) is 11.7. The van der Waals surface area contributed by atoms with E-state index in [-0.39, 0.29) is 6.04 Å². The summed E-state index contributed by atoms with van der Waals surface area (Å²) < 4.78 is 4.25. The largest absolute Gasteiger partial charge is 0.313 e. The van der Waals surface area contributed by atoms with Crippen LogP contribution >= 0.6 is 43.2 Å². The van der Waals surface area contributed by atoms with E-state index >= 15 is 0 Å². The molecule has 21 heavy (non-hydrogen) atoms. The van der Waals surface area contributed by atoms with Gasteiger partial charge >= 0.3 is 0 Å². The lowest BCUT2D eigenvalue weighted by Crippen LogP contribution is -2.19. The summed E-state index contributed by atoms with van der Waals surface area (Å²) in [7, 11) is 3.99. The first-order valence-electron chi connectivity index (χ1n) is 6.62. The zero-order valence-corrected chi connectivity index (χ0v) is 15.7. The topological polar surface area (TPSA) is 29.9 Å². The van der Waals surface area contributed by atoms with Crippen molar-refractivity contribution in [2.45, 2.75) is 12.5 Å². The van der Waals surface area contributed by atoms with Gasteiger partial charge in [-0.2, -0.15) is 5.10 Å². The lowest BCUT2D eigenvalue weighted by Gasteiger charge is -2.14. The second-order valence-electron chi connectivity index (χ2n) is 4.91. The minimum absolute atomic E-state index is 0.236. The van der Waals surface area contributed by atoms with Gasteiger partial charge in [-0.15, -0.1) is 11.3 Å². The molecule has 3 aromatic rings. The molecule has 0 aliphatic heterocycles. The molecular formula is C15H15Br2N3S. The van der Waals surface area contributed by atoms with E-state index in [1.54, 1.807) is 11.3 Å². The van der Waals surface area contributed by atoms with Crippen molar-refractivity contribution in [2.24, 2.45) is 7.05 Å². The molecule has 0 saturated heterocycles. The van der Waals surface area contributed by atoms with Gasteiger partial charge in [0.1, 0.15) is 0 Å². The van der Waals surface area contributed by atoms with Gasteiger partial charge in [-0.1, -0.05) is 18.2 Å². The summed E-state index contributed by atoms with van der Waals surface area (Å²) >= 11 is 8.90. The monoisotopic (exact) mass is 427 g/mol. The van der Waals surface area contributed by atoms with E-state index in [0.717, 1.165) is 19.7 Å². The molecule has 2 heterocycles. The van der Waals surface area contributed by atoms with Crippen molar-refractivity contribution in [3.8, 4) is 0 Å². The van der Waals surface area contributed by atoms with Crippen molar-refractivity contribution >= 4 is 54.1 Å². The first kappa shape index (κ1) is 15.2. The molecule has 2 aromatic heterocycles. The summed E-state index contributed by atoms with van der Waals surface area (Å²) in [4.78, 5) is 0. The van der Waals surface area contributed by atoms with Gasteiger partial charge in [0.05, 0.1) is 18.8 Å². The fourth-order valence-corrected chi connectivity index (χ4v) is 5.56. The van der Waals surface area contributed by atoms with E-state index in [0.29, 0.717) is 0 Å². The summed E-state index contributed by atoms with van der Waals surface area (Å²) in [6.45, 7) is 0. The Bertz CT molecular complexity index is 778. The fourth-order valence-electron chi connectivity index (χ4n) is 2.59. The number of hydrogen-bond donors (Lipinski definition) is 1. The van der Waals surface area contributed by atoms with Crippen LogP contribution in [-0.2, 0) is 13.5 Å². The first-order valence-corrected chi connectivity index (χ1v) is 9.03. The van der Waals surface area contributed by atoms with Crippen LogP contribution < -0.4 is 5.32 Å². The van der Waals surface area contributed by atoms with Crippen LogP contribution in [-0.4, -0.2) is 16.8 Å². The number of halogens is 2. The highest BCUT2D eigenvalue weighted by atomic mass is 79.9. The molecule has 0 amide bonds. The number of hydrogen-bond acceptors (Lipinski definition) is 3. The number of thiophene rings is 1. The van der Waals surface area contributed by atoms with Gasteiger partial charge in [0.15, 0.2) is 0 Å². The van der Waals surface area contributed by atoms with Crippen LogP contribution in [0.4, 0.5) is 0 Å². The number of para-hydroxylation sites is 1. The van der Waals surface area contributed by atoms with Crippen molar-refractivity contribution in [2.75, 3.05) is 7.05 Å². The third-order valence-electron chi connectivity index (χ3n) is 3.64. The number of benzene rings is 1. The minimum Gasteiger partial charge on any atom is -0.313 e. The van der Waals surface area contributed by atoms with E-state index in [1.807, 2.05) is 18.8 Å². The average Bonchev–Trinajstić information content (AvgIpc) is 2.97. The van der Waals surface area contributed by atoms with Crippen molar-refractivity contribution in [3.05, 3.63) is 49.2 Å². The Morgan fingerprint density at radius 2 is 2.10 bits per heavy atom. The van der Waals surface area contributed by atoms with Crippen LogP contribution in [0.15, 0.2) is 37.9 Å². The molecule has 0 aliphatic rings. The van der Waals surface area contributed by atoms with Crippen LogP contribution in [0.5, 0.6) is 0 Å². The molecule has 0 fully saturated rings. The summed E-state index contributed by atoms with van der Waals surface area (Å²) in [6, 6.07) is 10.8. The highest BCUT2D eigenvalue weighted by Gasteiger charge is 2.19. The zero-order chi connectivity index (χ0) is 15.0. The van der Waals surface area contributed by atoms with E-state index in [2.05, 4.69) is 67.5 Å². The number of rotatable bonds is 4. The lowest BCUT2D eigenvalue weighted by atomic mass is 10.0. The molecule has 1 aromatic carbocycles. The molecule has 6 heteroatoms. The highest BCUT2D eigenvalue weighted by molar-refractivity contribution is 9.12. The second kappa shape index (κ2) is 6.20. The molecule has 0 aliphatic carbocycles. The van der Waals surface area contributed by atoms with E-state index in [4.69, 9.17) is 5.10 Å². The lowest BCUT2D eigenvalue weighted by molar-refractivity contribution is 0.579. The molecule has 0 radical (unpaired) electrons. The molecule has 3 nitrogen and oxygen atoms in total. The minimum atomic E-state index is 0.236. The number of fused-ring (bicyclic) bond motifs is 1. The Morgan fingerprint density at radius 3 is 2.76 bits per heavy atom. The SMILES string of the molecule is CNC(Cc1nn(C)c2ccccc12)c1cc(Br)sc1Br. The van der Waals surface area contributed by atoms with Crippen molar-refractivity contribution < 1.29 is 0 Å². The molecule has 0 spiro atoms. The van der Waals surface area contributed by atoms with Crippen LogP contribution in [0.1, 0.15) is 17.3 Å². The standard InChI is InChI=1S/C15H15Br2N3S/c1-18-11(10-7-14(16)21-15(10)17)8-12-9-5-3-4-6-13(9)20(2)19-12/h3-7,11,18H,8H2,1-2H3. The summed E-state index contributed by atoms with van der Waals surface area (Å²) in [5.41, 5.74) is 3.57. The van der Waals surface area contributed by atoms with E-state index in [9.17, 15) is 0 Å². The van der Waals surface area contributed by atoms with Gasteiger partial charge in [0.25, 0.3) is 0 Å².